The summed E-state index contributed by atoms with van der Waals surface area (Å²) in [4.78, 5) is 25.7. The molecule has 8 heteroatoms. The summed E-state index contributed by atoms with van der Waals surface area (Å²) in [6, 6.07) is 1.82. The van der Waals surface area contributed by atoms with Gasteiger partial charge in [0.15, 0.2) is 6.10 Å². The normalized spacial score (nSPS) is 52.7. The molecule has 1 spiro atoms. The van der Waals surface area contributed by atoms with Gasteiger partial charge in [0.25, 0.3) is 0 Å². The second kappa shape index (κ2) is 7.14. The smallest absolute Gasteiger partial charge is 0.339 e. The number of aliphatic hydroxyl groups is 2. The third-order valence-electron chi connectivity index (χ3n) is 11.7. The van der Waals surface area contributed by atoms with E-state index in [1.807, 2.05) is 6.07 Å². The van der Waals surface area contributed by atoms with E-state index in [2.05, 4.69) is 34.6 Å². The number of hydrogen-bond donors (Lipinski definition) is 2. The van der Waals surface area contributed by atoms with Crippen molar-refractivity contribution in [3.05, 3.63) is 24.2 Å². The first kappa shape index (κ1) is 24.4. The van der Waals surface area contributed by atoms with Gasteiger partial charge in [0.1, 0.15) is 17.8 Å². The summed E-state index contributed by atoms with van der Waals surface area (Å²) in [5.41, 5.74) is -2.53. The van der Waals surface area contributed by atoms with Gasteiger partial charge in [0.05, 0.1) is 24.7 Å². The van der Waals surface area contributed by atoms with Gasteiger partial charge in [-0.15, -0.1) is 0 Å². The highest BCUT2D eigenvalue weighted by atomic mass is 16.7. The van der Waals surface area contributed by atoms with Gasteiger partial charge in [-0.1, -0.05) is 34.6 Å². The molecule has 5 fully saturated rings. The Bertz CT molecular complexity index is 1100. The summed E-state index contributed by atoms with van der Waals surface area (Å²) in [5, 5.41) is 22.6. The number of carbonyl (C=O) groups excluding carboxylic acids is 2. The van der Waals surface area contributed by atoms with E-state index in [0.717, 1.165) is 12.0 Å². The number of esters is 2. The van der Waals surface area contributed by atoms with E-state index in [4.69, 9.17) is 18.6 Å². The van der Waals surface area contributed by atoms with Crippen molar-refractivity contribution in [2.45, 2.75) is 103 Å². The van der Waals surface area contributed by atoms with Crippen LogP contribution in [0.25, 0.3) is 0 Å². The van der Waals surface area contributed by atoms with Gasteiger partial charge in [0.2, 0.25) is 0 Å². The Morgan fingerprint density at radius 2 is 1.78 bits per heavy atom. The Morgan fingerprint density at radius 3 is 2.42 bits per heavy atom. The van der Waals surface area contributed by atoms with Crippen LogP contribution < -0.4 is 0 Å². The molecule has 2 unspecified atom stereocenters. The van der Waals surface area contributed by atoms with E-state index in [9.17, 15) is 19.8 Å². The molecule has 0 aromatic carbocycles. The second-order valence-corrected chi connectivity index (χ2v) is 13.2. The highest BCUT2D eigenvalue weighted by molar-refractivity contribution is 5.82. The molecule has 11 atom stereocenters. The number of carbonyl (C=O) groups is 2. The van der Waals surface area contributed by atoms with E-state index >= 15 is 0 Å². The molecule has 36 heavy (non-hydrogen) atoms. The molecule has 1 aromatic heterocycles. The summed E-state index contributed by atoms with van der Waals surface area (Å²) in [6.45, 7) is 11.9. The minimum absolute atomic E-state index is 0.0932. The van der Waals surface area contributed by atoms with Gasteiger partial charge in [-0.2, -0.15) is 0 Å². The van der Waals surface area contributed by atoms with Crippen LogP contribution in [0.4, 0.5) is 0 Å². The number of fused-ring (bicyclic) bond motifs is 3. The first-order valence-electron chi connectivity index (χ1n) is 13.2. The molecule has 2 saturated heterocycles. The summed E-state index contributed by atoms with van der Waals surface area (Å²) in [6.07, 6.45) is 2.15. The lowest BCUT2D eigenvalue weighted by Crippen LogP contribution is -2.75. The molecule has 5 aliphatic rings. The van der Waals surface area contributed by atoms with E-state index in [0.29, 0.717) is 19.3 Å². The average molecular weight is 503 g/mol. The van der Waals surface area contributed by atoms with E-state index in [1.165, 1.54) is 6.92 Å². The summed E-state index contributed by atoms with van der Waals surface area (Å²) in [5.74, 6) is -0.994. The molecule has 0 radical (unpaired) electrons. The lowest BCUT2D eigenvalue weighted by atomic mass is 9.34. The molecule has 6 rings (SSSR count). The molecule has 8 nitrogen and oxygen atoms in total. The quantitative estimate of drug-likeness (QED) is 0.466. The van der Waals surface area contributed by atoms with Crippen LogP contribution in [0.1, 0.15) is 78.9 Å². The van der Waals surface area contributed by atoms with Crippen LogP contribution in [0, 0.1) is 33.5 Å². The fraction of sp³-hybridized carbons (Fsp3) is 0.786. The Labute approximate surface area is 211 Å². The molecule has 0 amide bonds. The van der Waals surface area contributed by atoms with E-state index < -0.39 is 63.8 Å². The van der Waals surface area contributed by atoms with Crippen LogP contribution in [0.2, 0.25) is 0 Å². The highest BCUT2D eigenvalue weighted by Gasteiger charge is 2.89. The van der Waals surface area contributed by atoms with Gasteiger partial charge >= 0.3 is 11.9 Å². The van der Waals surface area contributed by atoms with Crippen LogP contribution in [-0.2, 0) is 23.8 Å². The maximum atomic E-state index is 13.3. The molecule has 2 aliphatic heterocycles. The number of cyclic esters (lactones) is 1. The lowest BCUT2D eigenvalue weighted by Gasteiger charge is -2.71. The van der Waals surface area contributed by atoms with Gasteiger partial charge in [-0.3, -0.25) is 4.79 Å². The van der Waals surface area contributed by atoms with Crippen molar-refractivity contribution in [2.24, 2.45) is 33.5 Å². The topological polar surface area (TPSA) is 119 Å². The van der Waals surface area contributed by atoms with Crippen molar-refractivity contribution >= 4 is 11.9 Å². The van der Waals surface area contributed by atoms with Crippen molar-refractivity contribution in [1.29, 1.82) is 0 Å². The maximum Gasteiger partial charge on any atom is 0.339 e. The van der Waals surface area contributed by atoms with Crippen molar-refractivity contribution in [2.75, 3.05) is 0 Å². The second-order valence-electron chi connectivity index (χ2n) is 13.2. The first-order valence-corrected chi connectivity index (χ1v) is 13.2. The first-order chi connectivity index (χ1) is 16.8. The minimum atomic E-state index is -0.922. The van der Waals surface area contributed by atoms with Gasteiger partial charge in [-0.25, -0.2) is 4.79 Å². The largest absolute Gasteiger partial charge is 0.472 e. The molecule has 198 valence electrons. The number of epoxide rings is 1. The predicted octanol–water partition coefficient (Wildman–Crippen LogP) is 3.55. The minimum Gasteiger partial charge on any atom is -0.472 e. The molecule has 0 bridgehead atoms. The fourth-order valence-electron chi connectivity index (χ4n) is 9.83. The van der Waals surface area contributed by atoms with Gasteiger partial charge in [-0.05, 0) is 42.6 Å². The van der Waals surface area contributed by atoms with Crippen molar-refractivity contribution < 1.29 is 38.4 Å². The molecule has 2 N–H and O–H groups in total. The maximum absolute atomic E-state index is 13.3. The molecule has 3 aliphatic carbocycles. The molecule has 3 heterocycles. The Hall–Kier alpha value is -1.90. The molecular formula is C28H38O8. The number of ether oxygens (including phenoxy) is 3. The Morgan fingerprint density at radius 1 is 1.06 bits per heavy atom. The average Bonchev–Trinajstić information content (AvgIpc) is 3.36. The van der Waals surface area contributed by atoms with Crippen LogP contribution in [0.3, 0.4) is 0 Å². The fourth-order valence-corrected chi connectivity index (χ4v) is 9.83. The molecule has 3 saturated carbocycles. The number of furan rings is 1. The summed E-state index contributed by atoms with van der Waals surface area (Å²) in [7, 11) is 0. The lowest BCUT2D eigenvalue weighted by molar-refractivity contribution is -0.295. The van der Waals surface area contributed by atoms with E-state index in [-0.39, 0.29) is 17.8 Å². The number of aliphatic hydroxyl groups excluding tert-OH is 2. The third kappa shape index (κ3) is 2.56. The van der Waals surface area contributed by atoms with Crippen LogP contribution in [0.5, 0.6) is 0 Å². The summed E-state index contributed by atoms with van der Waals surface area (Å²) < 4.78 is 24.0. The Kier molecular flexibility index (Phi) is 4.85. The zero-order valence-electron chi connectivity index (χ0n) is 21.9. The van der Waals surface area contributed by atoms with Gasteiger partial charge in [0, 0.05) is 35.2 Å². The number of rotatable bonds is 2. The molecule has 1 aromatic rings. The SMILES string of the molecule is CC(=O)O[C@@H]1CC2C(C)(C)[C@H](O)C[C@@H](O)[C@]2(C)C2CC[C@]3(C)[C@@H](c4ccoc4)OC(=O)[C@H]4O[C@]43[C@@]21C. The van der Waals surface area contributed by atoms with Crippen LogP contribution in [-0.4, -0.2) is 52.2 Å². The highest BCUT2D eigenvalue weighted by Crippen LogP contribution is 2.80. The van der Waals surface area contributed by atoms with Crippen molar-refractivity contribution in [3.8, 4) is 0 Å². The Balaban J connectivity index is 1.55. The monoisotopic (exact) mass is 502 g/mol. The van der Waals surface area contributed by atoms with E-state index in [1.54, 1.807) is 12.5 Å². The number of hydrogen-bond acceptors (Lipinski definition) is 8. The van der Waals surface area contributed by atoms with Crippen molar-refractivity contribution in [1.82, 2.24) is 0 Å². The third-order valence-corrected chi connectivity index (χ3v) is 11.7. The van der Waals surface area contributed by atoms with Gasteiger partial charge < -0.3 is 28.8 Å². The zero-order chi connectivity index (χ0) is 26.1. The van der Waals surface area contributed by atoms with Crippen molar-refractivity contribution in [3.63, 3.8) is 0 Å². The summed E-state index contributed by atoms with van der Waals surface area (Å²) >= 11 is 0. The standard InChI is InChI=1S/C28H38O8/c1-14(29)34-20-11-17-24(2,3)18(30)12-19(31)26(17,5)16-7-9-25(4)21(15-8-10-33-13-15)35-23(32)22-28(25,36-22)27(16,20)6/h8,10,13,16-22,30-31H,7,9,11-12H2,1-6H3/t16?,17?,18-,19-,20-,21-,22-,25-,26-,27+,28-/m1/s1. The van der Waals surface area contributed by atoms with Crippen LogP contribution in [0.15, 0.2) is 23.0 Å². The zero-order valence-corrected chi connectivity index (χ0v) is 21.9. The predicted molar refractivity (Wildman–Crippen MR) is 126 cm³/mol. The molecular weight excluding hydrogens is 464 g/mol. The van der Waals surface area contributed by atoms with Crippen LogP contribution >= 0.6 is 0 Å².